The number of methoxy groups -OCH3 is 4. The number of carbonyl (C=O) groups is 1. The first kappa shape index (κ1) is 22.3. The van der Waals surface area contributed by atoms with Crippen LogP contribution in [0, 0.1) is 0 Å². The van der Waals surface area contributed by atoms with Crippen LogP contribution in [0.15, 0.2) is 41.5 Å². The Hall–Kier alpha value is -3.42. The predicted octanol–water partition coefficient (Wildman–Crippen LogP) is 4.42. The zero-order valence-electron chi connectivity index (χ0n) is 18.5. The molecule has 2 aromatic carbocycles. The molecule has 0 fully saturated rings. The number of nitrogens with zero attached hydrogens (tertiary/aromatic N) is 2. The van der Waals surface area contributed by atoms with E-state index in [1.54, 1.807) is 28.4 Å². The summed E-state index contributed by atoms with van der Waals surface area (Å²) in [6.45, 7) is 2.26. The first-order valence-electron chi connectivity index (χ1n) is 10.0. The van der Waals surface area contributed by atoms with E-state index in [1.165, 1.54) is 5.01 Å². The van der Waals surface area contributed by atoms with E-state index in [-0.39, 0.29) is 6.04 Å². The Kier molecular flexibility index (Phi) is 7.23. The third kappa shape index (κ3) is 4.68. The van der Waals surface area contributed by atoms with Gasteiger partial charge in [0.15, 0.2) is 11.5 Å². The van der Waals surface area contributed by atoms with Gasteiger partial charge in [-0.2, -0.15) is 10.1 Å². The molecule has 0 bridgehead atoms. The average Bonchev–Trinajstić information content (AvgIpc) is 3.27. The van der Waals surface area contributed by atoms with Gasteiger partial charge < -0.3 is 23.7 Å². The zero-order valence-corrected chi connectivity index (χ0v) is 18.5. The molecule has 3 rings (SSSR count). The Labute approximate surface area is 182 Å². The highest BCUT2D eigenvalue weighted by molar-refractivity contribution is 6.03. The van der Waals surface area contributed by atoms with Gasteiger partial charge in [-0.3, -0.25) is 0 Å². The Morgan fingerprint density at radius 2 is 1.74 bits per heavy atom. The first-order chi connectivity index (χ1) is 15.1. The molecule has 166 valence electrons. The van der Waals surface area contributed by atoms with Gasteiger partial charge in [-0.15, -0.1) is 0 Å². The lowest BCUT2D eigenvalue weighted by atomic mass is 9.97. The number of hydrogen-bond acceptors (Lipinski definition) is 7. The maximum absolute atomic E-state index is 12.8. The maximum atomic E-state index is 12.8. The number of rotatable bonds is 8. The Morgan fingerprint density at radius 3 is 2.32 bits per heavy atom. The summed E-state index contributed by atoms with van der Waals surface area (Å²) < 4.78 is 27.1. The van der Waals surface area contributed by atoms with Crippen molar-refractivity contribution in [3.05, 3.63) is 47.5 Å². The predicted molar refractivity (Wildman–Crippen MR) is 116 cm³/mol. The lowest BCUT2D eigenvalue weighted by molar-refractivity contribution is 0.0929. The van der Waals surface area contributed by atoms with Crippen LogP contribution in [0.1, 0.15) is 36.9 Å². The quantitative estimate of drug-likeness (QED) is 0.619. The van der Waals surface area contributed by atoms with E-state index in [1.807, 2.05) is 43.3 Å². The van der Waals surface area contributed by atoms with Crippen molar-refractivity contribution in [3.63, 3.8) is 0 Å². The van der Waals surface area contributed by atoms with Gasteiger partial charge in [0.2, 0.25) is 5.75 Å². The second-order valence-electron chi connectivity index (χ2n) is 6.92. The third-order valence-electron chi connectivity index (χ3n) is 5.00. The molecule has 1 heterocycles. The topological polar surface area (TPSA) is 78.8 Å². The van der Waals surface area contributed by atoms with Crippen molar-refractivity contribution >= 4 is 11.8 Å². The van der Waals surface area contributed by atoms with Crippen molar-refractivity contribution < 1.29 is 28.5 Å². The molecule has 0 spiro atoms. The molecule has 1 aliphatic heterocycles. The van der Waals surface area contributed by atoms with Gasteiger partial charge in [0.25, 0.3) is 0 Å². The Balaban J connectivity index is 2.02. The summed E-state index contributed by atoms with van der Waals surface area (Å²) in [5.74, 6) is 2.22. The molecule has 0 saturated heterocycles. The molecular formula is C23H28N2O6. The van der Waals surface area contributed by atoms with E-state index in [2.05, 4.69) is 5.10 Å². The van der Waals surface area contributed by atoms with Crippen LogP contribution in [0.2, 0.25) is 0 Å². The highest BCUT2D eigenvalue weighted by Gasteiger charge is 2.35. The molecular weight excluding hydrogens is 400 g/mol. The van der Waals surface area contributed by atoms with Crippen molar-refractivity contribution in [2.45, 2.75) is 25.8 Å². The molecule has 0 saturated carbocycles. The van der Waals surface area contributed by atoms with Gasteiger partial charge >= 0.3 is 6.09 Å². The average molecular weight is 428 g/mol. The molecule has 0 radical (unpaired) electrons. The minimum Gasteiger partial charge on any atom is -0.497 e. The van der Waals surface area contributed by atoms with Crippen LogP contribution in [0.4, 0.5) is 4.79 Å². The molecule has 8 nitrogen and oxygen atoms in total. The fourth-order valence-electron chi connectivity index (χ4n) is 3.46. The van der Waals surface area contributed by atoms with E-state index in [0.29, 0.717) is 30.3 Å². The zero-order chi connectivity index (χ0) is 22.4. The highest BCUT2D eigenvalue weighted by atomic mass is 16.6. The number of hydrazone groups is 1. The lowest BCUT2D eigenvalue weighted by Crippen LogP contribution is -2.28. The normalized spacial score (nSPS) is 15.3. The van der Waals surface area contributed by atoms with E-state index in [4.69, 9.17) is 23.7 Å². The van der Waals surface area contributed by atoms with Crippen molar-refractivity contribution in [2.75, 3.05) is 35.0 Å². The monoisotopic (exact) mass is 428 g/mol. The van der Waals surface area contributed by atoms with Gasteiger partial charge in [-0.1, -0.05) is 19.1 Å². The first-order valence-corrected chi connectivity index (χ1v) is 10.0. The molecule has 1 unspecified atom stereocenters. The number of ether oxygens (including phenoxy) is 5. The fraction of sp³-hybridized carbons (Fsp3) is 0.391. The minimum atomic E-state index is -0.501. The second kappa shape index (κ2) is 10.1. The fourth-order valence-corrected chi connectivity index (χ4v) is 3.46. The number of hydrogen-bond donors (Lipinski definition) is 0. The molecule has 1 amide bonds. The van der Waals surface area contributed by atoms with Gasteiger partial charge in [0.1, 0.15) is 5.75 Å². The van der Waals surface area contributed by atoms with Crippen molar-refractivity contribution in [1.29, 1.82) is 0 Å². The molecule has 1 atom stereocenters. The molecule has 8 heteroatoms. The van der Waals surface area contributed by atoms with Gasteiger partial charge in [0.05, 0.1) is 46.8 Å². The summed E-state index contributed by atoms with van der Waals surface area (Å²) in [5, 5.41) is 5.99. The smallest absolute Gasteiger partial charge is 0.430 e. The minimum absolute atomic E-state index is 0.321. The van der Waals surface area contributed by atoms with Gasteiger partial charge in [-0.25, -0.2) is 4.79 Å². The lowest BCUT2D eigenvalue weighted by Gasteiger charge is -2.23. The maximum Gasteiger partial charge on any atom is 0.430 e. The van der Waals surface area contributed by atoms with Crippen LogP contribution in [0.5, 0.6) is 23.0 Å². The highest BCUT2D eigenvalue weighted by Crippen LogP contribution is 2.43. The standard InChI is InChI=1S/C23H28N2O6/c1-6-10-31-23(26)25-19(14-18(24-25)15-8-7-9-17(11-15)27-2)16-12-20(28-3)22(30-5)21(13-16)29-4/h7-9,11-13,19H,6,10,14H2,1-5H3. The van der Waals surface area contributed by atoms with Crippen molar-refractivity contribution in [1.82, 2.24) is 5.01 Å². The summed E-state index contributed by atoms with van der Waals surface area (Å²) in [6.07, 6.45) is 0.715. The van der Waals surface area contributed by atoms with E-state index in [9.17, 15) is 4.79 Å². The molecule has 1 aliphatic rings. The number of carbonyl (C=O) groups excluding carboxylic acids is 1. The molecule has 0 aromatic heterocycles. The number of benzene rings is 2. The molecule has 0 N–H and O–H groups in total. The molecule has 0 aliphatic carbocycles. The van der Waals surface area contributed by atoms with Gasteiger partial charge in [0, 0.05) is 12.0 Å². The second-order valence-corrected chi connectivity index (χ2v) is 6.92. The third-order valence-corrected chi connectivity index (χ3v) is 5.00. The van der Waals surface area contributed by atoms with Crippen LogP contribution in [0.25, 0.3) is 0 Å². The summed E-state index contributed by atoms with van der Waals surface area (Å²) in [6, 6.07) is 10.9. The van der Waals surface area contributed by atoms with Crippen LogP contribution >= 0.6 is 0 Å². The summed E-state index contributed by atoms with van der Waals surface area (Å²) >= 11 is 0. The van der Waals surface area contributed by atoms with Crippen LogP contribution in [0.3, 0.4) is 0 Å². The van der Waals surface area contributed by atoms with Crippen LogP contribution < -0.4 is 18.9 Å². The van der Waals surface area contributed by atoms with Crippen LogP contribution in [-0.4, -0.2) is 51.9 Å². The largest absolute Gasteiger partial charge is 0.497 e. The van der Waals surface area contributed by atoms with Gasteiger partial charge in [-0.05, 0) is 36.2 Å². The number of amides is 1. The molecule has 31 heavy (non-hydrogen) atoms. The molecule has 2 aromatic rings. The van der Waals surface area contributed by atoms with Crippen molar-refractivity contribution in [2.24, 2.45) is 5.10 Å². The summed E-state index contributed by atoms with van der Waals surface area (Å²) in [4.78, 5) is 12.8. The summed E-state index contributed by atoms with van der Waals surface area (Å²) in [5.41, 5.74) is 2.43. The SMILES string of the molecule is CCCOC(=O)N1N=C(c2cccc(OC)c2)CC1c1cc(OC)c(OC)c(OC)c1. The summed E-state index contributed by atoms with van der Waals surface area (Å²) in [7, 11) is 6.28. The Bertz CT molecular complexity index is 934. The Morgan fingerprint density at radius 1 is 1.03 bits per heavy atom. The van der Waals surface area contributed by atoms with E-state index in [0.717, 1.165) is 29.0 Å². The van der Waals surface area contributed by atoms with E-state index >= 15 is 0 Å². The van der Waals surface area contributed by atoms with Crippen LogP contribution in [-0.2, 0) is 4.74 Å². The van der Waals surface area contributed by atoms with Crippen molar-refractivity contribution in [3.8, 4) is 23.0 Å². The van der Waals surface area contributed by atoms with E-state index < -0.39 is 6.09 Å².